The lowest BCUT2D eigenvalue weighted by molar-refractivity contribution is 0.212. The number of hydrogen-bond acceptors (Lipinski definition) is 3. The van der Waals surface area contributed by atoms with Gasteiger partial charge in [-0.15, -0.1) is 0 Å². The fourth-order valence-corrected chi connectivity index (χ4v) is 1.98. The van der Waals surface area contributed by atoms with Gasteiger partial charge in [0.25, 0.3) is 0 Å². The predicted molar refractivity (Wildman–Crippen MR) is 60.0 cm³/mol. The Bertz CT molecular complexity index is 641. The monoisotopic (exact) mass is 215 g/mol. The van der Waals surface area contributed by atoms with Gasteiger partial charge >= 0.3 is 0 Å². The van der Waals surface area contributed by atoms with Crippen molar-refractivity contribution in [3.05, 3.63) is 36.4 Å². The predicted octanol–water partition coefficient (Wildman–Crippen LogP) is 2.44. The highest BCUT2D eigenvalue weighted by Crippen LogP contribution is 2.31. The van der Waals surface area contributed by atoms with Crippen molar-refractivity contribution in [3.63, 3.8) is 0 Å². The van der Waals surface area contributed by atoms with Crippen molar-refractivity contribution in [3.8, 4) is 11.5 Å². The number of hydrogen-bond donors (Lipinski definition) is 3. The molecule has 0 amide bonds. The Morgan fingerprint density at radius 1 is 0.750 bits per heavy atom. The van der Waals surface area contributed by atoms with Crippen LogP contribution >= 0.6 is 0 Å². The fraction of sp³-hybridized carbons (Fsp3) is 0. The Morgan fingerprint density at radius 3 is 1.62 bits per heavy atom. The van der Waals surface area contributed by atoms with Gasteiger partial charge in [-0.3, -0.25) is 0 Å². The van der Waals surface area contributed by atoms with E-state index in [1.165, 1.54) is 12.1 Å². The molecule has 16 heavy (non-hydrogen) atoms. The van der Waals surface area contributed by atoms with Crippen LogP contribution in [0.2, 0.25) is 0 Å². The van der Waals surface area contributed by atoms with Gasteiger partial charge in [0.15, 0.2) is 0 Å². The van der Waals surface area contributed by atoms with Gasteiger partial charge in [0.1, 0.15) is 11.5 Å². The minimum Gasteiger partial charge on any atom is -0.508 e. The van der Waals surface area contributed by atoms with Gasteiger partial charge in [-0.1, -0.05) is 0 Å². The first-order valence-electron chi connectivity index (χ1n) is 4.82. The average Bonchev–Trinajstić information content (AvgIpc) is 2.53. The molecule has 0 bridgehead atoms. The van der Waals surface area contributed by atoms with Gasteiger partial charge in [0.05, 0.1) is 11.0 Å². The summed E-state index contributed by atoms with van der Waals surface area (Å²) in [5.74, 6) is 0.185. The molecule has 0 aliphatic heterocycles. The van der Waals surface area contributed by atoms with Crippen LogP contribution in [0.1, 0.15) is 0 Å². The number of rotatable bonds is 0. The van der Waals surface area contributed by atoms with Crippen molar-refractivity contribution < 1.29 is 15.4 Å². The van der Waals surface area contributed by atoms with Gasteiger partial charge in [-0.05, 0) is 24.3 Å². The first-order valence-corrected chi connectivity index (χ1v) is 4.82. The highest BCUT2D eigenvalue weighted by atomic mass is 16.5. The Labute approximate surface area is 90.6 Å². The molecule has 1 heterocycles. The van der Waals surface area contributed by atoms with Crippen molar-refractivity contribution in [2.45, 2.75) is 0 Å². The highest BCUT2D eigenvalue weighted by molar-refractivity contribution is 6.08. The Kier molecular flexibility index (Phi) is 1.57. The second-order valence-corrected chi connectivity index (χ2v) is 3.71. The van der Waals surface area contributed by atoms with E-state index >= 15 is 0 Å². The molecular weight excluding hydrogens is 206 g/mol. The van der Waals surface area contributed by atoms with E-state index in [1.54, 1.807) is 24.3 Å². The summed E-state index contributed by atoms with van der Waals surface area (Å²) in [6, 6.07) is 9.55. The standard InChI is InChI=1S/C12H9NO3/c14-7-1-3-9-10-4-2-8(15)6-12(10)13(16)11(9)5-7/h1-6,14-16H. The van der Waals surface area contributed by atoms with Gasteiger partial charge in [0, 0.05) is 22.9 Å². The van der Waals surface area contributed by atoms with Crippen molar-refractivity contribution in [1.29, 1.82) is 0 Å². The molecule has 0 radical (unpaired) electrons. The summed E-state index contributed by atoms with van der Waals surface area (Å²) in [5.41, 5.74) is 1.03. The van der Waals surface area contributed by atoms with E-state index in [9.17, 15) is 15.4 Å². The molecule has 0 unspecified atom stereocenters. The summed E-state index contributed by atoms with van der Waals surface area (Å²) in [5, 5.41) is 30.3. The molecule has 3 N–H and O–H groups in total. The fourth-order valence-electron chi connectivity index (χ4n) is 1.98. The zero-order valence-corrected chi connectivity index (χ0v) is 8.25. The smallest absolute Gasteiger partial charge is 0.117 e. The summed E-state index contributed by atoms with van der Waals surface area (Å²) in [6.07, 6.45) is 0. The maximum Gasteiger partial charge on any atom is 0.117 e. The summed E-state index contributed by atoms with van der Waals surface area (Å²) < 4.78 is 0.962. The quantitative estimate of drug-likeness (QED) is 0.504. The molecule has 0 fully saturated rings. The summed E-state index contributed by atoms with van der Waals surface area (Å²) >= 11 is 0. The van der Waals surface area contributed by atoms with Crippen LogP contribution in [-0.2, 0) is 0 Å². The molecule has 4 nitrogen and oxygen atoms in total. The van der Waals surface area contributed by atoms with Gasteiger partial charge in [0.2, 0.25) is 0 Å². The Balaban J connectivity index is 2.59. The second-order valence-electron chi connectivity index (χ2n) is 3.71. The maximum absolute atomic E-state index is 9.89. The Hall–Kier alpha value is -2.36. The molecule has 80 valence electrons. The van der Waals surface area contributed by atoms with E-state index in [4.69, 9.17) is 0 Å². The van der Waals surface area contributed by atoms with E-state index in [0.717, 1.165) is 15.5 Å². The molecule has 3 aromatic rings. The zero-order valence-electron chi connectivity index (χ0n) is 8.25. The molecule has 0 saturated heterocycles. The van der Waals surface area contributed by atoms with Crippen LogP contribution in [0, 0.1) is 0 Å². The van der Waals surface area contributed by atoms with Crippen molar-refractivity contribution in [2.24, 2.45) is 0 Å². The average molecular weight is 215 g/mol. The maximum atomic E-state index is 9.89. The normalized spacial score (nSPS) is 11.2. The lowest BCUT2D eigenvalue weighted by Crippen LogP contribution is -1.87. The number of phenolic OH excluding ortho intramolecular Hbond substituents is 2. The van der Waals surface area contributed by atoms with Crippen LogP contribution in [0.15, 0.2) is 36.4 Å². The molecule has 2 aromatic carbocycles. The molecular formula is C12H9NO3. The van der Waals surface area contributed by atoms with E-state index in [-0.39, 0.29) is 11.5 Å². The second kappa shape index (κ2) is 2.82. The highest BCUT2D eigenvalue weighted by Gasteiger charge is 2.10. The largest absolute Gasteiger partial charge is 0.508 e. The van der Waals surface area contributed by atoms with Crippen LogP contribution in [-0.4, -0.2) is 20.2 Å². The lowest BCUT2D eigenvalue weighted by Gasteiger charge is -1.96. The molecule has 0 aliphatic carbocycles. The third-order valence-corrected chi connectivity index (χ3v) is 2.71. The topological polar surface area (TPSA) is 65.6 Å². The van der Waals surface area contributed by atoms with Gasteiger partial charge < -0.3 is 15.4 Å². The number of benzene rings is 2. The molecule has 4 heteroatoms. The Morgan fingerprint density at radius 2 is 1.19 bits per heavy atom. The van der Waals surface area contributed by atoms with Crippen molar-refractivity contribution in [2.75, 3.05) is 0 Å². The number of aromatic nitrogens is 1. The van der Waals surface area contributed by atoms with E-state index in [0.29, 0.717) is 11.0 Å². The third-order valence-electron chi connectivity index (χ3n) is 2.71. The number of fused-ring (bicyclic) bond motifs is 3. The van der Waals surface area contributed by atoms with Crippen molar-refractivity contribution in [1.82, 2.24) is 4.73 Å². The first-order chi connectivity index (χ1) is 7.66. The van der Waals surface area contributed by atoms with Crippen LogP contribution in [0.5, 0.6) is 11.5 Å². The molecule has 0 aliphatic rings. The molecule has 3 rings (SSSR count). The van der Waals surface area contributed by atoms with Gasteiger partial charge in [-0.2, -0.15) is 4.73 Å². The number of aromatic hydroxyl groups is 2. The number of phenols is 2. The summed E-state index contributed by atoms with van der Waals surface area (Å²) in [6.45, 7) is 0. The minimum absolute atomic E-state index is 0.0924. The van der Waals surface area contributed by atoms with Crippen LogP contribution < -0.4 is 0 Å². The molecule has 1 aromatic heterocycles. The van der Waals surface area contributed by atoms with Crippen LogP contribution in [0.3, 0.4) is 0 Å². The number of nitrogens with zero attached hydrogens (tertiary/aromatic N) is 1. The van der Waals surface area contributed by atoms with Gasteiger partial charge in [-0.25, -0.2) is 0 Å². The minimum atomic E-state index is 0.0924. The molecule has 0 saturated carbocycles. The van der Waals surface area contributed by atoms with Crippen molar-refractivity contribution >= 4 is 21.8 Å². The zero-order chi connectivity index (χ0) is 11.3. The molecule has 0 atom stereocenters. The van der Waals surface area contributed by atoms with E-state index < -0.39 is 0 Å². The first kappa shape index (κ1) is 8.91. The SMILES string of the molecule is Oc1ccc2c3ccc(O)cc3n(O)c2c1. The summed E-state index contributed by atoms with van der Waals surface area (Å²) in [7, 11) is 0. The lowest BCUT2D eigenvalue weighted by atomic mass is 10.1. The van der Waals surface area contributed by atoms with E-state index in [2.05, 4.69) is 0 Å². The van der Waals surface area contributed by atoms with Crippen LogP contribution in [0.4, 0.5) is 0 Å². The molecule has 0 spiro atoms. The van der Waals surface area contributed by atoms with E-state index in [1.807, 2.05) is 0 Å². The third kappa shape index (κ3) is 1.04. The summed E-state index contributed by atoms with van der Waals surface area (Å²) in [4.78, 5) is 0. The van der Waals surface area contributed by atoms with Crippen LogP contribution in [0.25, 0.3) is 21.8 Å².